The van der Waals surface area contributed by atoms with Crippen LogP contribution in [0, 0.1) is 0 Å². The van der Waals surface area contributed by atoms with Gasteiger partial charge in [0.05, 0.1) is 34.7 Å². The topological polar surface area (TPSA) is 130 Å². The first-order valence-electron chi connectivity index (χ1n) is 14.4. The zero-order chi connectivity index (χ0) is 31.0. The molecular formula is C32H33N7O5. The number of hydrogen-bond acceptors (Lipinski definition) is 8. The molecule has 0 aliphatic carbocycles. The molecule has 0 saturated carbocycles. The molecule has 226 valence electrons. The minimum Gasteiger partial charge on any atom is -0.494 e. The maximum atomic E-state index is 12.9. The van der Waals surface area contributed by atoms with Crippen LogP contribution < -0.4 is 31.5 Å². The number of aromatic hydroxyl groups is 1. The van der Waals surface area contributed by atoms with Crippen molar-refractivity contribution in [3.05, 3.63) is 104 Å². The smallest absolute Gasteiger partial charge is 0.335 e. The number of aromatic nitrogens is 4. The lowest BCUT2D eigenvalue weighted by Gasteiger charge is -2.37. The van der Waals surface area contributed by atoms with E-state index in [-0.39, 0.29) is 11.3 Å². The van der Waals surface area contributed by atoms with Gasteiger partial charge < -0.3 is 19.6 Å². The van der Waals surface area contributed by atoms with Gasteiger partial charge >= 0.3 is 11.4 Å². The van der Waals surface area contributed by atoms with E-state index < -0.39 is 17.1 Å². The zero-order valence-electron chi connectivity index (χ0n) is 24.7. The number of anilines is 2. The highest BCUT2D eigenvalue weighted by Gasteiger charge is 2.22. The molecule has 3 aromatic carbocycles. The van der Waals surface area contributed by atoms with E-state index in [0.29, 0.717) is 42.3 Å². The molecule has 0 spiro atoms. The van der Waals surface area contributed by atoms with Gasteiger partial charge in [-0.25, -0.2) is 14.2 Å². The number of fused-ring (bicyclic) bond motifs is 1. The second-order valence-electron chi connectivity index (χ2n) is 10.6. The fourth-order valence-electron chi connectivity index (χ4n) is 5.61. The van der Waals surface area contributed by atoms with E-state index in [1.165, 1.54) is 6.21 Å². The SMILES string of the molecule is CCOc1ccc(-n2c(O)c(C=Nc3cc4c(cc3N3CCN(c5ccccc5)CC3)n(C)c(=O)n4C)c(=O)[nH]c2=O)cc1. The van der Waals surface area contributed by atoms with E-state index in [1.807, 2.05) is 31.2 Å². The molecule has 12 heteroatoms. The number of imidazole rings is 1. The number of ether oxygens (including phenoxy) is 1. The van der Waals surface area contributed by atoms with E-state index in [2.05, 4.69) is 31.9 Å². The van der Waals surface area contributed by atoms with E-state index in [9.17, 15) is 19.5 Å². The number of nitrogens with zero attached hydrogens (tertiary/aromatic N) is 6. The largest absolute Gasteiger partial charge is 0.494 e. The van der Waals surface area contributed by atoms with Crippen molar-refractivity contribution >= 4 is 34.3 Å². The van der Waals surface area contributed by atoms with Crippen molar-refractivity contribution < 1.29 is 9.84 Å². The zero-order valence-corrected chi connectivity index (χ0v) is 24.7. The number of rotatable bonds is 7. The monoisotopic (exact) mass is 595 g/mol. The van der Waals surface area contributed by atoms with Gasteiger partial charge in [-0.1, -0.05) is 18.2 Å². The van der Waals surface area contributed by atoms with Gasteiger partial charge in [0.25, 0.3) is 5.56 Å². The van der Waals surface area contributed by atoms with Gasteiger partial charge in [-0.2, -0.15) is 0 Å². The van der Waals surface area contributed by atoms with Crippen LogP contribution in [0.2, 0.25) is 0 Å². The Morgan fingerprint density at radius 3 is 2.16 bits per heavy atom. The lowest BCUT2D eigenvalue weighted by molar-refractivity contribution is 0.340. The predicted molar refractivity (Wildman–Crippen MR) is 172 cm³/mol. The average molecular weight is 596 g/mol. The van der Waals surface area contributed by atoms with Crippen molar-refractivity contribution in [3.8, 4) is 17.3 Å². The normalized spacial score (nSPS) is 13.7. The number of piperazine rings is 1. The van der Waals surface area contributed by atoms with Crippen LogP contribution in [0.4, 0.5) is 17.1 Å². The third-order valence-electron chi connectivity index (χ3n) is 7.97. The van der Waals surface area contributed by atoms with Crippen LogP contribution in [0.5, 0.6) is 11.6 Å². The minimum atomic E-state index is -0.786. The Morgan fingerprint density at radius 1 is 0.864 bits per heavy atom. The number of H-pyrrole nitrogens is 1. The Labute approximate surface area is 252 Å². The molecule has 0 atom stereocenters. The third kappa shape index (κ3) is 5.14. The average Bonchev–Trinajstić information content (AvgIpc) is 3.24. The molecule has 6 rings (SSSR count). The lowest BCUT2D eigenvalue weighted by atomic mass is 10.1. The number of hydrogen-bond donors (Lipinski definition) is 2. The van der Waals surface area contributed by atoms with Crippen LogP contribution in [0.15, 0.2) is 86.1 Å². The number of aliphatic imine (C=N–C) groups is 1. The molecular weight excluding hydrogens is 562 g/mol. The first kappa shape index (κ1) is 28.6. The summed E-state index contributed by atoms with van der Waals surface area (Å²) in [6, 6.07) is 20.5. The highest BCUT2D eigenvalue weighted by molar-refractivity contribution is 5.92. The molecule has 0 radical (unpaired) electrons. The summed E-state index contributed by atoms with van der Waals surface area (Å²) in [6.07, 6.45) is 1.25. The van der Waals surface area contributed by atoms with E-state index in [0.717, 1.165) is 34.5 Å². The van der Waals surface area contributed by atoms with Crippen LogP contribution in [0.1, 0.15) is 12.5 Å². The van der Waals surface area contributed by atoms with Gasteiger partial charge in [0.15, 0.2) is 0 Å². The summed E-state index contributed by atoms with van der Waals surface area (Å²) < 4.78 is 9.61. The number of nitrogens with one attached hydrogen (secondary N) is 1. The number of aryl methyl sites for hydroxylation is 2. The summed E-state index contributed by atoms with van der Waals surface area (Å²) >= 11 is 0. The highest BCUT2D eigenvalue weighted by atomic mass is 16.5. The first-order valence-corrected chi connectivity index (χ1v) is 14.4. The van der Waals surface area contributed by atoms with Gasteiger partial charge in [0.2, 0.25) is 5.88 Å². The summed E-state index contributed by atoms with van der Waals surface area (Å²) in [6.45, 7) is 5.33. The number of benzene rings is 3. The molecule has 1 saturated heterocycles. The molecule has 1 fully saturated rings. The number of aromatic amines is 1. The summed E-state index contributed by atoms with van der Waals surface area (Å²) in [7, 11) is 3.42. The second-order valence-corrected chi connectivity index (χ2v) is 10.6. The van der Waals surface area contributed by atoms with Crippen molar-refractivity contribution in [1.29, 1.82) is 0 Å². The quantitative estimate of drug-likeness (QED) is 0.277. The van der Waals surface area contributed by atoms with Gasteiger partial charge in [0.1, 0.15) is 11.3 Å². The van der Waals surface area contributed by atoms with Crippen LogP contribution in [0.3, 0.4) is 0 Å². The van der Waals surface area contributed by atoms with Crippen LogP contribution in [-0.4, -0.2) is 62.8 Å². The minimum absolute atomic E-state index is 0.169. The molecule has 1 aliphatic rings. The molecule has 3 heterocycles. The molecule has 44 heavy (non-hydrogen) atoms. The van der Waals surface area contributed by atoms with Gasteiger partial charge in [-0.15, -0.1) is 0 Å². The summed E-state index contributed by atoms with van der Waals surface area (Å²) in [5.41, 5.74) is 2.33. The predicted octanol–water partition coefficient (Wildman–Crippen LogP) is 2.90. The second kappa shape index (κ2) is 11.6. The molecule has 1 aliphatic heterocycles. The Balaban J connectivity index is 1.40. The van der Waals surface area contributed by atoms with Crippen LogP contribution >= 0.6 is 0 Å². The molecule has 0 amide bonds. The number of para-hydroxylation sites is 1. The fourth-order valence-corrected chi connectivity index (χ4v) is 5.61. The van der Waals surface area contributed by atoms with Gasteiger partial charge in [-0.05, 0) is 55.5 Å². The van der Waals surface area contributed by atoms with Crippen LogP contribution in [-0.2, 0) is 14.1 Å². The highest BCUT2D eigenvalue weighted by Crippen LogP contribution is 2.34. The van der Waals surface area contributed by atoms with Gasteiger partial charge in [-0.3, -0.25) is 23.9 Å². The Bertz CT molecular complexity index is 2030. The summed E-state index contributed by atoms with van der Waals surface area (Å²) in [5, 5.41) is 11.1. The Kier molecular flexibility index (Phi) is 7.56. The Hall–Kier alpha value is -5.52. The molecule has 12 nitrogen and oxygen atoms in total. The van der Waals surface area contributed by atoms with Crippen molar-refractivity contribution in [2.75, 3.05) is 42.6 Å². The van der Waals surface area contributed by atoms with Crippen LogP contribution in [0.25, 0.3) is 16.7 Å². The van der Waals surface area contributed by atoms with E-state index in [4.69, 9.17) is 4.74 Å². The third-order valence-corrected chi connectivity index (χ3v) is 7.97. The standard InChI is InChI=1S/C32H33N7O5/c1-4-44-23-12-10-22(11-13-23)39-30(41)24(29(40)34-31(39)42)20-33-25-18-27-28(36(3)32(43)35(27)2)19-26(25)38-16-14-37(15-17-38)21-8-6-5-7-9-21/h5-13,18-20,41H,4,14-17H2,1-3H3,(H,34,40,42). The summed E-state index contributed by atoms with van der Waals surface area (Å²) in [5.74, 6) is 0.0655. The van der Waals surface area contributed by atoms with Gasteiger partial charge in [0, 0.05) is 52.2 Å². The van der Waals surface area contributed by atoms with Crippen molar-refractivity contribution in [2.24, 2.45) is 19.1 Å². The Morgan fingerprint density at radius 2 is 1.50 bits per heavy atom. The molecule has 0 unspecified atom stereocenters. The van der Waals surface area contributed by atoms with Crippen molar-refractivity contribution in [2.45, 2.75) is 6.92 Å². The molecule has 2 aromatic heterocycles. The van der Waals surface area contributed by atoms with Crippen molar-refractivity contribution in [1.82, 2.24) is 18.7 Å². The maximum absolute atomic E-state index is 12.9. The molecule has 0 bridgehead atoms. The van der Waals surface area contributed by atoms with E-state index >= 15 is 0 Å². The first-order chi connectivity index (χ1) is 21.3. The molecule has 2 N–H and O–H groups in total. The molecule has 5 aromatic rings. The lowest BCUT2D eigenvalue weighted by Crippen LogP contribution is -2.46. The van der Waals surface area contributed by atoms with Crippen molar-refractivity contribution in [3.63, 3.8) is 0 Å². The van der Waals surface area contributed by atoms with E-state index in [1.54, 1.807) is 53.6 Å². The maximum Gasteiger partial charge on any atom is 0.335 e. The summed E-state index contributed by atoms with van der Waals surface area (Å²) in [4.78, 5) is 49.8. The fraction of sp³-hybridized carbons (Fsp3) is 0.250.